The molecule has 7 nitrogen and oxygen atoms in total. The van der Waals surface area contributed by atoms with Crippen LogP contribution in [-0.4, -0.2) is 44.3 Å². The highest BCUT2D eigenvalue weighted by Crippen LogP contribution is 2.42. The predicted octanol–water partition coefficient (Wildman–Crippen LogP) is 4.83. The van der Waals surface area contributed by atoms with Gasteiger partial charge in [0.15, 0.2) is 0 Å². The Bertz CT molecular complexity index is 1390. The fraction of sp³-hybridized carbons (Fsp3) is 0.333. The van der Waals surface area contributed by atoms with Crippen LogP contribution in [0.4, 0.5) is 5.69 Å². The summed E-state index contributed by atoms with van der Waals surface area (Å²) in [5, 5.41) is 4.47. The molecule has 9 heteroatoms. The first-order valence-electron chi connectivity index (χ1n) is 12.1. The summed E-state index contributed by atoms with van der Waals surface area (Å²) in [5.41, 5.74) is 1.55. The second-order valence-corrected chi connectivity index (χ2v) is 11.7. The number of carbonyl (C=O) groups is 2. The van der Waals surface area contributed by atoms with Gasteiger partial charge in [0.2, 0.25) is 11.8 Å². The second-order valence-electron chi connectivity index (χ2n) is 8.93. The van der Waals surface area contributed by atoms with Gasteiger partial charge < -0.3 is 10.2 Å². The summed E-state index contributed by atoms with van der Waals surface area (Å²) in [6.45, 7) is 4.71. The van der Waals surface area contributed by atoms with E-state index in [-0.39, 0.29) is 31.3 Å². The number of amides is 2. The third-order valence-corrected chi connectivity index (χ3v) is 8.74. The van der Waals surface area contributed by atoms with Crippen molar-refractivity contribution >= 4 is 54.2 Å². The van der Waals surface area contributed by atoms with Crippen LogP contribution in [0.15, 0.2) is 70.0 Å². The van der Waals surface area contributed by atoms with Crippen LogP contribution in [0.1, 0.15) is 38.7 Å². The SMILES string of the molecule is CCCNC(=O)C(C)N(Cc1cccc(Br)c1)C(=O)CCCN1c2cccc3cccc(c23)S1(=O)=O. The number of benzene rings is 3. The molecule has 36 heavy (non-hydrogen) atoms. The number of nitrogens with zero attached hydrogens (tertiary/aromatic N) is 2. The molecule has 2 amide bonds. The first kappa shape index (κ1) is 26.2. The monoisotopic (exact) mass is 571 g/mol. The van der Waals surface area contributed by atoms with Crippen molar-refractivity contribution in [3.05, 3.63) is 70.7 Å². The van der Waals surface area contributed by atoms with Gasteiger partial charge in [-0.3, -0.25) is 13.9 Å². The molecule has 1 N–H and O–H groups in total. The number of halogens is 1. The zero-order chi connectivity index (χ0) is 25.9. The molecule has 190 valence electrons. The molecule has 0 saturated heterocycles. The normalized spacial score (nSPS) is 14.6. The molecule has 0 aromatic heterocycles. The average molecular weight is 573 g/mol. The minimum absolute atomic E-state index is 0.123. The summed E-state index contributed by atoms with van der Waals surface area (Å²) < 4.78 is 28.7. The molecule has 1 aliphatic rings. The summed E-state index contributed by atoms with van der Waals surface area (Å²) >= 11 is 3.46. The maximum Gasteiger partial charge on any atom is 0.265 e. The molecule has 0 bridgehead atoms. The largest absolute Gasteiger partial charge is 0.354 e. The maximum absolute atomic E-state index is 13.4. The molecule has 1 aliphatic heterocycles. The zero-order valence-electron chi connectivity index (χ0n) is 20.4. The van der Waals surface area contributed by atoms with Gasteiger partial charge >= 0.3 is 0 Å². The standard InChI is InChI=1S/C27H30BrN3O4S/c1-3-15-29-27(33)19(2)30(18-20-8-4-11-22(28)17-20)25(32)14-7-16-31-23-12-5-9-21-10-6-13-24(26(21)23)36(31,34)35/h4-6,8-13,17,19H,3,7,14-16,18H2,1-2H3,(H,29,33). The number of nitrogens with one attached hydrogen (secondary N) is 1. The summed E-state index contributed by atoms with van der Waals surface area (Å²) in [6.07, 6.45) is 1.26. The molecular formula is C27H30BrN3O4S. The lowest BCUT2D eigenvalue weighted by Crippen LogP contribution is -2.47. The summed E-state index contributed by atoms with van der Waals surface area (Å²) in [7, 11) is -3.67. The molecule has 0 spiro atoms. The lowest BCUT2D eigenvalue weighted by atomic mass is 10.1. The number of carbonyl (C=O) groups excluding carboxylic acids is 2. The average Bonchev–Trinajstić information content (AvgIpc) is 3.08. The Hall–Kier alpha value is -2.91. The molecule has 0 saturated carbocycles. The molecule has 1 heterocycles. The van der Waals surface area contributed by atoms with Gasteiger partial charge in [-0.15, -0.1) is 0 Å². The van der Waals surface area contributed by atoms with E-state index in [2.05, 4.69) is 21.2 Å². The Morgan fingerprint density at radius 3 is 2.53 bits per heavy atom. The van der Waals surface area contributed by atoms with Crippen molar-refractivity contribution in [1.29, 1.82) is 0 Å². The van der Waals surface area contributed by atoms with Crippen LogP contribution in [-0.2, 0) is 26.2 Å². The Balaban J connectivity index is 1.49. The number of sulfonamides is 1. The van der Waals surface area contributed by atoms with Crippen molar-refractivity contribution in [2.24, 2.45) is 0 Å². The smallest absolute Gasteiger partial charge is 0.265 e. The third-order valence-electron chi connectivity index (χ3n) is 6.39. The van der Waals surface area contributed by atoms with Crippen LogP contribution in [0.2, 0.25) is 0 Å². The van der Waals surface area contributed by atoms with Gasteiger partial charge in [-0.05, 0) is 55.0 Å². The Morgan fingerprint density at radius 2 is 1.81 bits per heavy atom. The summed E-state index contributed by atoms with van der Waals surface area (Å²) in [5.74, 6) is -0.397. The quantitative estimate of drug-likeness (QED) is 0.377. The fourth-order valence-electron chi connectivity index (χ4n) is 4.53. The highest BCUT2D eigenvalue weighted by molar-refractivity contribution is 9.10. The van der Waals surface area contributed by atoms with Gasteiger partial charge in [0, 0.05) is 35.9 Å². The molecule has 1 atom stereocenters. The Kier molecular flexibility index (Phi) is 8.00. The van der Waals surface area contributed by atoms with Crippen LogP contribution in [0.25, 0.3) is 10.8 Å². The van der Waals surface area contributed by atoms with E-state index in [1.54, 1.807) is 30.0 Å². The number of rotatable bonds is 10. The topological polar surface area (TPSA) is 86.8 Å². The predicted molar refractivity (Wildman–Crippen MR) is 145 cm³/mol. The van der Waals surface area contributed by atoms with E-state index in [9.17, 15) is 18.0 Å². The minimum atomic E-state index is -3.67. The molecule has 4 rings (SSSR count). The first-order chi connectivity index (χ1) is 17.2. The van der Waals surface area contributed by atoms with Crippen molar-refractivity contribution in [1.82, 2.24) is 10.2 Å². The molecule has 0 fully saturated rings. The van der Waals surface area contributed by atoms with Crippen molar-refractivity contribution in [2.45, 2.75) is 50.6 Å². The number of hydrogen-bond donors (Lipinski definition) is 1. The van der Waals surface area contributed by atoms with E-state index in [4.69, 9.17) is 0 Å². The lowest BCUT2D eigenvalue weighted by Gasteiger charge is -2.29. The van der Waals surface area contributed by atoms with Gasteiger partial charge in [-0.2, -0.15) is 0 Å². The van der Waals surface area contributed by atoms with Gasteiger partial charge in [-0.1, -0.05) is 59.3 Å². The van der Waals surface area contributed by atoms with Gasteiger partial charge in [0.05, 0.1) is 10.6 Å². The van der Waals surface area contributed by atoms with Gasteiger partial charge in [0.1, 0.15) is 6.04 Å². The molecule has 3 aromatic carbocycles. The van der Waals surface area contributed by atoms with Crippen molar-refractivity contribution < 1.29 is 18.0 Å². The molecule has 0 aliphatic carbocycles. The zero-order valence-corrected chi connectivity index (χ0v) is 22.8. The number of anilines is 1. The Morgan fingerprint density at radius 1 is 1.08 bits per heavy atom. The fourth-order valence-corrected chi connectivity index (χ4v) is 6.72. The van der Waals surface area contributed by atoms with Gasteiger partial charge in [-0.25, -0.2) is 8.42 Å². The molecule has 1 unspecified atom stereocenters. The highest BCUT2D eigenvalue weighted by atomic mass is 79.9. The molecule has 0 radical (unpaired) electrons. The third kappa shape index (κ3) is 5.27. The van der Waals surface area contributed by atoms with E-state index < -0.39 is 16.1 Å². The minimum Gasteiger partial charge on any atom is -0.354 e. The van der Waals surface area contributed by atoms with E-state index in [0.29, 0.717) is 23.5 Å². The van der Waals surface area contributed by atoms with E-state index in [1.165, 1.54) is 4.31 Å². The maximum atomic E-state index is 13.4. The van der Waals surface area contributed by atoms with E-state index in [1.807, 2.05) is 49.4 Å². The lowest BCUT2D eigenvalue weighted by molar-refractivity contribution is -0.140. The van der Waals surface area contributed by atoms with Crippen molar-refractivity contribution in [3.63, 3.8) is 0 Å². The van der Waals surface area contributed by atoms with Crippen LogP contribution in [0.5, 0.6) is 0 Å². The molecular weight excluding hydrogens is 542 g/mol. The Labute approximate surface area is 220 Å². The van der Waals surface area contributed by atoms with Crippen LogP contribution in [0.3, 0.4) is 0 Å². The summed E-state index contributed by atoms with van der Waals surface area (Å²) in [6, 6.07) is 17.8. The van der Waals surface area contributed by atoms with Crippen LogP contribution >= 0.6 is 15.9 Å². The molecule has 3 aromatic rings. The first-order valence-corrected chi connectivity index (χ1v) is 14.3. The van der Waals surface area contributed by atoms with Crippen molar-refractivity contribution in [3.8, 4) is 0 Å². The van der Waals surface area contributed by atoms with Crippen LogP contribution < -0.4 is 9.62 Å². The summed E-state index contributed by atoms with van der Waals surface area (Å²) in [4.78, 5) is 27.9. The van der Waals surface area contributed by atoms with E-state index in [0.717, 1.165) is 27.2 Å². The second kappa shape index (κ2) is 11.0. The van der Waals surface area contributed by atoms with Crippen LogP contribution in [0, 0.1) is 0 Å². The van der Waals surface area contributed by atoms with Crippen molar-refractivity contribution in [2.75, 3.05) is 17.4 Å². The van der Waals surface area contributed by atoms with Gasteiger partial charge in [0.25, 0.3) is 10.0 Å². The van der Waals surface area contributed by atoms with E-state index >= 15 is 0 Å². The number of hydrogen-bond acceptors (Lipinski definition) is 4. The highest BCUT2D eigenvalue weighted by Gasteiger charge is 2.35.